The van der Waals surface area contributed by atoms with Gasteiger partial charge in [0, 0.05) is 37.5 Å². The molecule has 4 heterocycles. The van der Waals surface area contributed by atoms with Crippen molar-refractivity contribution in [3.63, 3.8) is 0 Å². The van der Waals surface area contributed by atoms with E-state index in [1.165, 1.54) is 23.9 Å². The summed E-state index contributed by atoms with van der Waals surface area (Å²) in [6.45, 7) is 3.13. The van der Waals surface area contributed by atoms with E-state index in [1.54, 1.807) is 43.3 Å². The number of hydrogen-bond donors (Lipinski definition) is 0. The van der Waals surface area contributed by atoms with Gasteiger partial charge >= 0.3 is 0 Å². The monoisotopic (exact) mass is 150 g/mol. The third-order valence-electron chi connectivity index (χ3n) is 5.33. The van der Waals surface area contributed by atoms with E-state index < -0.39 is 0 Å². The standard InChI is InChI=1S/C10H16N/c1-3-11-4-2-8-6-9(11)7(1)5-10(8)11/h7-10H,1-6H2/q+1. The molecule has 0 radical (unpaired) electrons. The highest BCUT2D eigenvalue weighted by Crippen LogP contribution is 2.61. The lowest BCUT2D eigenvalue weighted by Crippen LogP contribution is -2.48. The molecule has 0 N–H and O–H groups in total. The molecule has 11 heavy (non-hydrogen) atoms. The van der Waals surface area contributed by atoms with Crippen molar-refractivity contribution >= 4 is 0 Å². The zero-order valence-corrected chi connectivity index (χ0v) is 7.00. The van der Waals surface area contributed by atoms with Crippen molar-refractivity contribution in [3.8, 4) is 0 Å². The average Bonchev–Trinajstić information content (AvgIpc) is 2.72. The maximum Gasteiger partial charge on any atom is 0.0930 e. The van der Waals surface area contributed by atoms with Gasteiger partial charge < -0.3 is 4.48 Å². The molecule has 0 amide bonds. The zero-order chi connectivity index (χ0) is 7.05. The van der Waals surface area contributed by atoms with E-state index in [9.17, 15) is 0 Å². The van der Waals surface area contributed by atoms with Gasteiger partial charge in [0.05, 0.1) is 25.2 Å². The van der Waals surface area contributed by atoms with Crippen molar-refractivity contribution in [1.82, 2.24) is 0 Å². The van der Waals surface area contributed by atoms with Gasteiger partial charge in [-0.25, -0.2) is 0 Å². The van der Waals surface area contributed by atoms with E-state index in [0.29, 0.717) is 0 Å². The third-order valence-corrected chi connectivity index (χ3v) is 5.33. The summed E-state index contributed by atoms with van der Waals surface area (Å²) in [7, 11) is 0. The number of piperidine rings is 2. The Labute approximate surface area is 68.0 Å². The van der Waals surface area contributed by atoms with Crippen LogP contribution >= 0.6 is 0 Å². The Morgan fingerprint density at radius 1 is 0.818 bits per heavy atom. The van der Waals surface area contributed by atoms with E-state index in [-0.39, 0.29) is 0 Å². The summed E-state index contributed by atoms with van der Waals surface area (Å²) in [5.41, 5.74) is 0. The minimum atomic E-state index is 1.17. The van der Waals surface area contributed by atoms with Gasteiger partial charge in [-0.05, 0) is 0 Å². The van der Waals surface area contributed by atoms with Gasteiger partial charge in [-0.1, -0.05) is 0 Å². The summed E-state index contributed by atoms with van der Waals surface area (Å²) >= 11 is 0. The molecule has 4 fully saturated rings. The van der Waals surface area contributed by atoms with Gasteiger partial charge in [-0.15, -0.1) is 0 Å². The SMILES string of the molecule is C1C[N+]23CCC4CC2C1CC43. The van der Waals surface area contributed by atoms with Crippen LogP contribution in [0.2, 0.25) is 0 Å². The van der Waals surface area contributed by atoms with Gasteiger partial charge in [0.25, 0.3) is 0 Å². The topological polar surface area (TPSA) is 0 Å². The Morgan fingerprint density at radius 2 is 1.36 bits per heavy atom. The Balaban J connectivity index is 1.94. The molecular weight excluding hydrogens is 134 g/mol. The highest BCUT2D eigenvalue weighted by atomic mass is 15.5. The van der Waals surface area contributed by atoms with E-state index in [1.807, 2.05) is 0 Å². The van der Waals surface area contributed by atoms with Crippen LogP contribution in [0.3, 0.4) is 0 Å². The molecule has 0 aromatic rings. The van der Waals surface area contributed by atoms with E-state index in [4.69, 9.17) is 0 Å². The second-order valence-corrected chi connectivity index (χ2v) is 5.25. The fourth-order valence-electron chi connectivity index (χ4n) is 5.03. The van der Waals surface area contributed by atoms with Crippen molar-refractivity contribution < 1.29 is 4.48 Å². The van der Waals surface area contributed by atoms with Crippen LogP contribution in [-0.2, 0) is 0 Å². The fourth-order valence-corrected chi connectivity index (χ4v) is 5.03. The van der Waals surface area contributed by atoms with Crippen LogP contribution < -0.4 is 0 Å². The lowest BCUT2D eigenvalue weighted by Gasteiger charge is -2.33. The first-order valence-corrected chi connectivity index (χ1v) is 5.27. The average molecular weight is 150 g/mol. The lowest BCUT2D eigenvalue weighted by molar-refractivity contribution is -0.932. The zero-order valence-electron chi connectivity index (χ0n) is 7.00. The van der Waals surface area contributed by atoms with Crippen molar-refractivity contribution in [2.24, 2.45) is 11.8 Å². The molecule has 0 aromatic carbocycles. The lowest BCUT2D eigenvalue weighted by atomic mass is 9.80. The highest BCUT2D eigenvalue weighted by Gasteiger charge is 2.70. The molecule has 4 atom stereocenters. The minimum absolute atomic E-state index is 1.17. The minimum Gasteiger partial charge on any atom is -0.318 e. The maximum absolute atomic E-state index is 1.62. The van der Waals surface area contributed by atoms with Gasteiger partial charge in [0.1, 0.15) is 0 Å². The molecule has 0 aliphatic carbocycles. The molecule has 1 nitrogen and oxygen atoms in total. The van der Waals surface area contributed by atoms with Crippen LogP contribution in [0.25, 0.3) is 0 Å². The Morgan fingerprint density at radius 3 is 1.82 bits per heavy atom. The molecule has 0 aromatic heterocycles. The molecule has 4 rings (SSSR count). The van der Waals surface area contributed by atoms with E-state index >= 15 is 0 Å². The number of rotatable bonds is 0. The maximum atomic E-state index is 1.62. The second kappa shape index (κ2) is 1.39. The van der Waals surface area contributed by atoms with Gasteiger partial charge in [0.15, 0.2) is 0 Å². The first-order chi connectivity index (χ1) is 5.40. The van der Waals surface area contributed by atoms with E-state index in [2.05, 4.69) is 0 Å². The molecule has 0 saturated carbocycles. The highest BCUT2D eigenvalue weighted by molar-refractivity contribution is 5.03. The summed E-state index contributed by atoms with van der Waals surface area (Å²) in [6.07, 6.45) is 6.40. The van der Waals surface area contributed by atoms with Crippen molar-refractivity contribution in [2.75, 3.05) is 13.1 Å². The van der Waals surface area contributed by atoms with Crippen LogP contribution in [0.5, 0.6) is 0 Å². The molecule has 4 unspecified atom stereocenters. The molecule has 4 saturated heterocycles. The first kappa shape index (κ1) is 5.58. The third kappa shape index (κ3) is 0.395. The largest absolute Gasteiger partial charge is 0.318 e. The molecule has 1 spiro atoms. The summed E-state index contributed by atoms with van der Waals surface area (Å²) in [5.74, 6) is 2.35. The summed E-state index contributed by atoms with van der Waals surface area (Å²) in [5, 5.41) is 0. The predicted molar refractivity (Wildman–Crippen MR) is 43.0 cm³/mol. The van der Waals surface area contributed by atoms with Gasteiger partial charge in [-0.2, -0.15) is 0 Å². The normalized spacial score (nSPS) is 69.8. The van der Waals surface area contributed by atoms with Crippen LogP contribution in [0.15, 0.2) is 0 Å². The Hall–Kier alpha value is -0.0400. The van der Waals surface area contributed by atoms with Crippen LogP contribution in [0.1, 0.15) is 25.7 Å². The molecule has 4 aliphatic rings. The second-order valence-electron chi connectivity index (χ2n) is 5.25. The fraction of sp³-hybridized carbons (Fsp3) is 1.00. The number of hydrogen-bond acceptors (Lipinski definition) is 0. The Bertz CT molecular complexity index is 199. The summed E-state index contributed by atoms with van der Waals surface area (Å²) < 4.78 is 1.62. The molecule has 5 bridgehead atoms. The molecular formula is C10H16N+. The molecule has 4 aliphatic heterocycles. The van der Waals surface area contributed by atoms with Crippen molar-refractivity contribution in [1.29, 1.82) is 0 Å². The number of nitrogens with zero attached hydrogens (tertiary/aromatic N) is 1. The van der Waals surface area contributed by atoms with E-state index in [0.717, 1.165) is 0 Å². The molecule has 60 valence electrons. The number of quaternary nitrogens is 1. The van der Waals surface area contributed by atoms with Gasteiger partial charge in [0.2, 0.25) is 0 Å². The van der Waals surface area contributed by atoms with Crippen LogP contribution in [0.4, 0.5) is 0 Å². The summed E-state index contributed by atoms with van der Waals surface area (Å²) in [4.78, 5) is 0. The van der Waals surface area contributed by atoms with Crippen molar-refractivity contribution in [3.05, 3.63) is 0 Å². The quantitative estimate of drug-likeness (QED) is 0.458. The Kier molecular flexibility index (Phi) is 0.706. The van der Waals surface area contributed by atoms with Crippen LogP contribution in [0, 0.1) is 11.8 Å². The van der Waals surface area contributed by atoms with Gasteiger partial charge in [-0.3, -0.25) is 0 Å². The van der Waals surface area contributed by atoms with Crippen LogP contribution in [-0.4, -0.2) is 29.7 Å². The summed E-state index contributed by atoms with van der Waals surface area (Å²) in [6, 6.07) is 2.33. The van der Waals surface area contributed by atoms with Crippen molar-refractivity contribution in [2.45, 2.75) is 37.8 Å². The predicted octanol–water partition coefficient (Wildman–Crippen LogP) is 1.39. The first-order valence-electron chi connectivity index (χ1n) is 5.27. The molecule has 1 heteroatoms. The smallest absolute Gasteiger partial charge is 0.0930 e.